The number of rotatable bonds is 6. The number of anilines is 1. The molecule has 3 atom stereocenters. The predicted octanol–water partition coefficient (Wildman–Crippen LogP) is 5.83. The molecule has 0 aromatic heterocycles. The summed E-state index contributed by atoms with van der Waals surface area (Å²) in [5, 5.41) is 7.35. The zero-order chi connectivity index (χ0) is 27.8. The first-order valence-corrected chi connectivity index (χ1v) is 16.2. The standard InChI is InChI=1S/C31H43N3O3S2/c1-22(2)23-6-12-27-24(20-23)7-13-28-30(3,14-5-15-31(27,28)4)21-32-29(38)33-25-8-10-26(11-9-25)39(35,36)34-16-18-37-19-17-34/h6,8-12,20,22,28H,5,7,13-19,21H2,1-4H3,(H2,32,33,38). The Labute approximate surface area is 239 Å². The molecule has 1 saturated heterocycles. The van der Waals surface area contributed by atoms with Gasteiger partial charge in [0.25, 0.3) is 0 Å². The highest BCUT2D eigenvalue weighted by Gasteiger charge is 2.51. The molecule has 8 heteroatoms. The van der Waals surface area contributed by atoms with Crippen molar-refractivity contribution in [1.29, 1.82) is 0 Å². The number of nitrogens with zero attached hydrogens (tertiary/aromatic N) is 1. The van der Waals surface area contributed by atoms with E-state index in [4.69, 9.17) is 17.0 Å². The third-order valence-electron chi connectivity index (χ3n) is 9.54. The van der Waals surface area contributed by atoms with Crippen molar-refractivity contribution in [2.24, 2.45) is 11.3 Å². The maximum Gasteiger partial charge on any atom is 0.243 e. The zero-order valence-electron chi connectivity index (χ0n) is 23.8. The summed E-state index contributed by atoms with van der Waals surface area (Å²) in [4.78, 5) is 0.293. The molecule has 2 aromatic rings. The summed E-state index contributed by atoms with van der Waals surface area (Å²) in [5.74, 6) is 1.15. The number of thiocarbonyl (C=S) groups is 1. The Bertz CT molecular complexity index is 1300. The highest BCUT2D eigenvalue weighted by molar-refractivity contribution is 7.89. The molecule has 0 bridgehead atoms. The van der Waals surface area contributed by atoms with Gasteiger partial charge in [-0.15, -0.1) is 0 Å². The van der Waals surface area contributed by atoms with Crippen LogP contribution in [0.3, 0.4) is 0 Å². The number of morpholine rings is 1. The van der Waals surface area contributed by atoms with Crippen molar-refractivity contribution in [2.75, 3.05) is 38.2 Å². The molecule has 2 aliphatic carbocycles. The summed E-state index contributed by atoms with van der Waals surface area (Å²) < 4.78 is 32.6. The van der Waals surface area contributed by atoms with Crippen LogP contribution in [0.2, 0.25) is 0 Å². The molecule has 6 nitrogen and oxygen atoms in total. The van der Waals surface area contributed by atoms with Gasteiger partial charge in [-0.1, -0.05) is 52.3 Å². The number of benzene rings is 2. The summed E-state index contributed by atoms with van der Waals surface area (Å²) in [7, 11) is -3.51. The lowest BCUT2D eigenvalue weighted by Crippen LogP contribution is -2.53. The third kappa shape index (κ3) is 5.63. The van der Waals surface area contributed by atoms with Crippen LogP contribution < -0.4 is 10.6 Å². The highest BCUT2D eigenvalue weighted by Crippen LogP contribution is 2.57. The fourth-order valence-corrected chi connectivity index (χ4v) is 8.92. The van der Waals surface area contributed by atoms with Crippen molar-refractivity contribution in [2.45, 2.75) is 76.0 Å². The lowest BCUT2D eigenvalue weighted by Gasteiger charge is -2.55. The molecule has 3 unspecified atom stereocenters. The van der Waals surface area contributed by atoms with Gasteiger partial charge in [0.05, 0.1) is 18.1 Å². The van der Waals surface area contributed by atoms with Gasteiger partial charge in [-0.05, 0) is 102 Å². The Morgan fingerprint density at radius 1 is 1.10 bits per heavy atom. The fourth-order valence-electron chi connectivity index (χ4n) is 7.32. The lowest BCUT2D eigenvalue weighted by atomic mass is 9.49. The minimum atomic E-state index is -3.51. The van der Waals surface area contributed by atoms with Crippen LogP contribution in [0.4, 0.5) is 5.69 Å². The van der Waals surface area contributed by atoms with E-state index < -0.39 is 10.0 Å². The molecule has 5 rings (SSSR count). The van der Waals surface area contributed by atoms with Crippen molar-refractivity contribution in [1.82, 2.24) is 9.62 Å². The number of nitrogens with one attached hydrogen (secondary N) is 2. The van der Waals surface area contributed by atoms with E-state index in [1.165, 1.54) is 35.6 Å². The molecule has 1 heterocycles. The van der Waals surface area contributed by atoms with E-state index in [0.29, 0.717) is 48.1 Å². The lowest BCUT2D eigenvalue weighted by molar-refractivity contribution is 0.0294. The molecule has 212 valence electrons. The smallest absolute Gasteiger partial charge is 0.243 e. The van der Waals surface area contributed by atoms with Crippen LogP contribution in [-0.4, -0.2) is 50.7 Å². The molecule has 1 aliphatic heterocycles. The van der Waals surface area contributed by atoms with E-state index in [2.05, 4.69) is 56.5 Å². The number of sulfonamides is 1. The molecule has 2 aromatic carbocycles. The topological polar surface area (TPSA) is 70.7 Å². The first-order chi connectivity index (χ1) is 18.5. The predicted molar refractivity (Wildman–Crippen MR) is 162 cm³/mol. The number of ether oxygens (including phenoxy) is 1. The first kappa shape index (κ1) is 28.5. The van der Waals surface area contributed by atoms with Crippen LogP contribution >= 0.6 is 12.2 Å². The van der Waals surface area contributed by atoms with Crippen LogP contribution in [0.5, 0.6) is 0 Å². The molecular weight excluding hydrogens is 526 g/mol. The minimum absolute atomic E-state index is 0.142. The Balaban J connectivity index is 1.23. The average molecular weight is 570 g/mol. The molecule has 2 N–H and O–H groups in total. The van der Waals surface area contributed by atoms with Gasteiger partial charge >= 0.3 is 0 Å². The molecule has 0 spiro atoms. The Kier molecular flexibility index (Phi) is 8.13. The molecule has 2 fully saturated rings. The van der Waals surface area contributed by atoms with E-state index >= 15 is 0 Å². The van der Waals surface area contributed by atoms with Gasteiger partial charge in [-0.25, -0.2) is 8.42 Å². The summed E-state index contributed by atoms with van der Waals surface area (Å²) in [6.45, 7) is 11.9. The van der Waals surface area contributed by atoms with E-state index in [9.17, 15) is 8.42 Å². The minimum Gasteiger partial charge on any atom is -0.379 e. The average Bonchev–Trinajstić information content (AvgIpc) is 2.92. The SMILES string of the molecule is CC(C)c1ccc2c(c1)CCC1C(C)(CNC(=S)Nc3ccc(S(=O)(=O)N4CCOCC4)cc3)CCCC21C. The van der Waals surface area contributed by atoms with Crippen LogP contribution in [-0.2, 0) is 26.6 Å². The zero-order valence-corrected chi connectivity index (χ0v) is 25.4. The number of aryl methyl sites for hydroxylation is 1. The van der Waals surface area contributed by atoms with Gasteiger partial charge in [0.2, 0.25) is 10.0 Å². The normalized spacial score (nSPS) is 27.5. The van der Waals surface area contributed by atoms with Crippen LogP contribution in [0.25, 0.3) is 0 Å². The summed E-state index contributed by atoms with van der Waals surface area (Å²) in [6, 6.07) is 14.1. The quantitative estimate of drug-likeness (QED) is 0.427. The van der Waals surface area contributed by atoms with Crippen molar-refractivity contribution in [3.05, 3.63) is 59.2 Å². The summed E-state index contributed by atoms with van der Waals surface area (Å²) in [5.41, 5.74) is 5.66. The summed E-state index contributed by atoms with van der Waals surface area (Å²) in [6.07, 6.45) is 6.01. The second-order valence-electron chi connectivity index (χ2n) is 12.4. The van der Waals surface area contributed by atoms with Gasteiger partial charge in [-0.3, -0.25) is 0 Å². The van der Waals surface area contributed by atoms with E-state index in [-0.39, 0.29) is 10.8 Å². The second kappa shape index (κ2) is 11.1. The highest BCUT2D eigenvalue weighted by atomic mass is 32.2. The van der Waals surface area contributed by atoms with Gasteiger partial charge in [0, 0.05) is 25.3 Å². The number of hydrogen-bond acceptors (Lipinski definition) is 4. The van der Waals surface area contributed by atoms with E-state index in [1.54, 1.807) is 35.4 Å². The fraction of sp³-hybridized carbons (Fsp3) is 0.581. The monoisotopic (exact) mass is 569 g/mol. The molecule has 39 heavy (non-hydrogen) atoms. The third-order valence-corrected chi connectivity index (χ3v) is 11.7. The molecule has 0 radical (unpaired) electrons. The Morgan fingerprint density at radius 2 is 1.82 bits per heavy atom. The van der Waals surface area contributed by atoms with Gasteiger partial charge in [-0.2, -0.15) is 4.31 Å². The number of hydrogen-bond donors (Lipinski definition) is 2. The number of fused-ring (bicyclic) bond motifs is 3. The first-order valence-electron chi connectivity index (χ1n) is 14.4. The summed E-state index contributed by atoms with van der Waals surface area (Å²) >= 11 is 5.68. The van der Waals surface area contributed by atoms with Crippen LogP contribution in [0.1, 0.15) is 76.0 Å². The molecule has 3 aliphatic rings. The Morgan fingerprint density at radius 3 is 2.51 bits per heavy atom. The Hall–Kier alpha value is -2.00. The second-order valence-corrected chi connectivity index (χ2v) is 14.8. The van der Waals surface area contributed by atoms with Crippen LogP contribution in [0.15, 0.2) is 47.4 Å². The molecule has 1 saturated carbocycles. The molecular formula is C31H43N3O3S2. The van der Waals surface area contributed by atoms with Crippen LogP contribution in [0, 0.1) is 11.3 Å². The van der Waals surface area contributed by atoms with E-state index in [0.717, 1.165) is 18.7 Å². The van der Waals surface area contributed by atoms with Crippen molar-refractivity contribution in [3.63, 3.8) is 0 Å². The van der Waals surface area contributed by atoms with Crippen molar-refractivity contribution >= 4 is 33.0 Å². The van der Waals surface area contributed by atoms with Gasteiger partial charge in [0.15, 0.2) is 5.11 Å². The maximum atomic E-state index is 12.9. The molecule has 0 amide bonds. The van der Waals surface area contributed by atoms with Gasteiger partial charge in [0.1, 0.15) is 0 Å². The van der Waals surface area contributed by atoms with E-state index in [1.807, 2.05) is 0 Å². The van der Waals surface area contributed by atoms with Crippen molar-refractivity contribution < 1.29 is 13.2 Å². The van der Waals surface area contributed by atoms with Crippen molar-refractivity contribution in [3.8, 4) is 0 Å². The van der Waals surface area contributed by atoms with Gasteiger partial charge < -0.3 is 15.4 Å². The largest absolute Gasteiger partial charge is 0.379 e. The maximum absolute atomic E-state index is 12.9.